The molecule has 2 aromatic rings. The second-order valence-electron chi connectivity index (χ2n) is 6.73. The normalized spacial score (nSPS) is 17.7. The van der Waals surface area contributed by atoms with Gasteiger partial charge in [-0.3, -0.25) is 4.79 Å². The van der Waals surface area contributed by atoms with Gasteiger partial charge in [-0.1, -0.05) is 23.6 Å². The zero-order valence-corrected chi connectivity index (χ0v) is 16.2. The molecule has 1 unspecified atom stereocenters. The first-order valence-corrected chi connectivity index (χ1v) is 9.18. The van der Waals surface area contributed by atoms with E-state index in [1.165, 1.54) is 0 Å². The van der Waals surface area contributed by atoms with E-state index in [0.29, 0.717) is 30.5 Å². The van der Waals surface area contributed by atoms with E-state index in [2.05, 4.69) is 22.1 Å². The number of aliphatic hydroxyl groups excluding tert-OH is 1. The monoisotopic (exact) mass is 407 g/mol. The number of aromatic nitrogens is 1. The highest BCUT2D eigenvalue weighted by molar-refractivity contribution is 6.37. The van der Waals surface area contributed by atoms with Crippen molar-refractivity contribution < 1.29 is 18.7 Å². The van der Waals surface area contributed by atoms with Crippen molar-refractivity contribution in [3.63, 3.8) is 0 Å². The summed E-state index contributed by atoms with van der Waals surface area (Å²) in [7, 11) is 0. The molecular weight excluding hydrogens is 388 g/mol. The minimum Gasteiger partial charge on any atom is -0.374 e. The molecule has 2 atom stereocenters. The number of aliphatic hydroxyl groups is 1. The van der Waals surface area contributed by atoms with Gasteiger partial charge in [0, 0.05) is 22.7 Å². The number of nitrogens with one attached hydrogen (secondary N) is 2. The Morgan fingerprint density at radius 1 is 1.46 bits per heavy atom. The van der Waals surface area contributed by atoms with Crippen LogP contribution in [-0.4, -0.2) is 22.0 Å². The average Bonchev–Trinajstić information content (AvgIpc) is 2.91. The number of allylic oxidation sites excluding steroid dienone is 1. The molecule has 0 radical (unpaired) electrons. The predicted octanol–water partition coefficient (Wildman–Crippen LogP) is 3.43. The average molecular weight is 408 g/mol. The summed E-state index contributed by atoms with van der Waals surface area (Å²) in [6.45, 7) is 3.22. The minimum absolute atomic E-state index is 0.0202. The number of aromatic amines is 1. The molecule has 0 bridgehead atoms. The number of halogens is 3. The number of hydrogen-bond donors (Lipinski definition) is 4. The molecule has 0 aliphatic heterocycles. The lowest BCUT2D eigenvalue weighted by Crippen LogP contribution is -2.35. The molecular formula is C20H20ClF2N3O2. The van der Waals surface area contributed by atoms with E-state index in [1.54, 1.807) is 13.8 Å². The van der Waals surface area contributed by atoms with Gasteiger partial charge in [-0.2, -0.15) is 0 Å². The third-order valence-electron chi connectivity index (χ3n) is 4.84. The summed E-state index contributed by atoms with van der Waals surface area (Å²) in [5, 5.41) is 13.0. The third-order valence-corrected chi connectivity index (χ3v) is 5.31. The number of amides is 1. The van der Waals surface area contributed by atoms with Gasteiger partial charge in [0.1, 0.15) is 6.23 Å². The molecule has 0 saturated heterocycles. The van der Waals surface area contributed by atoms with E-state index >= 15 is 4.39 Å². The number of carbonyl (C=O) groups excluding carboxylic acids is 1. The van der Waals surface area contributed by atoms with Crippen molar-refractivity contribution in [2.24, 2.45) is 5.73 Å². The molecule has 0 spiro atoms. The summed E-state index contributed by atoms with van der Waals surface area (Å²) in [4.78, 5) is 14.6. The number of benzene rings is 1. The lowest BCUT2D eigenvalue weighted by Gasteiger charge is -2.24. The maximum absolute atomic E-state index is 15.1. The molecule has 0 fully saturated rings. The zero-order chi connectivity index (χ0) is 20.6. The van der Waals surface area contributed by atoms with Gasteiger partial charge in [0.2, 0.25) is 0 Å². The lowest BCUT2D eigenvalue weighted by molar-refractivity contribution is -0.116. The van der Waals surface area contributed by atoms with Gasteiger partial charge in [0.15, 0.2) is 11.6 Å². The van der Waals surface area contributed by atoms with E-state index in [4.69, 9.17) is 17.3 Å². The molecule has 5 nitrogen and oxygen atoms in total. The van der Waals surface area contributed by atoms with Gasteiger partial charge in [-0.05, 0) is 44.6 Å². The van der Waals surface area contributed by atoms with E-state index in [9.17, 15) is 14.3 Å². The van der Waals surface area contributed by atoms with Crippen LogP contribution in [0.3, 0.4) is 0 Å². The van der Waals surface area contributed by atoms with Crippen LogP contribution in [-0.2, 0) is 4.79 Å². The number of fused-ring (bicyclic) bond motifs is 1. The SMILES string of the molecule is CC#CC(=O)N[C@@H]1CCC=C(c2c(F)c(F)c(C(N)O)c3[nH]c(C)c(Cl)c23)C1. The first-order valence-electron chi connectivity index (χ1n) is 8.81. The molecule has 1 aromatic carbocycles. The third kappa shape index (κ3) is 3.51. The summed E-state index contributed by atoms with van der Waals surface area (Å²) in [5.74, 6) is 2.17. The molecule has 1 aliphatic rings. The Morgan fingerprint density at radius 2 is 2.18 bits per heavy atom. The Bertz CT molecular complexity index is 1050. The molecule has 3 rings (SSSR count). The second kappa shape index (κ2) is 7.92. The number of hydrogen-bond acceptors (Lipinski definition) is 3. The van der Waals surface area contributed by atoms with Gasteiger partial charge in [-0.25, -0.2) is 8.78 Å². The van der Waals surface area contributed by atoms with E-state index in [0.717, 1.165) is 0 Å². The zero-order valence-electron chi connectivity index (χ0n) is 15.4. The first-order chi connectivity index (χ1) is 13.3. The van der Waals surface area contributed by atoms with Crippen LogP contribution in [0, 0.1) is 30.4 Å². The molecule has 1 amide bonds. The van der Waals surface area contributed by atoms with E-state index < -0.39 is 23.8 Å². The minimum atomic E-state index is -1.71. The molecule has 1 heterocycles. The van der Waals surface area contributed by atoms with Crippen LogP contribution in [0.4, 0.5) is 8.78 Å². The Balaban J connectivity index is 2.14. The van der Waals surface area contributed by atoms with Crippen LogP contribution in [0.25, 0.3) is 16.5 Å². The van der Waals surface area contributed by atoms with Crippen LogP contribution in [0.2, 0.25) is 5.02 Å². The number of aryl methyl sites for hydroxylation is 1. The molecule has 5 N–H and O–H groups in total. The lowest BCUT2D eigenvalue weighted by atomic mass is 9.87. The molecule has 0 saturated carbocycles. The molecule has 1 aliphatic carbocycles. The van der Waals surface area contributed by atoms with Gasteiger partial charge in [0.25, 0.3) is 5.91 Å². The van der Waals surface area contributed by atoms with Crippen molar-refractivity contribution in [1.29, 1.82) is 0 Å². The predicted molar refractivity (Wildman–Crippen MR) is 104 cm³/mol. The first kappa shape index (κ1) is 20.3. The quantitative estimate of drug-likeness (QED) is 0.464. The number of rotatable bonds is 3. The largest absolute Gasteiger partial charge is 0.374 e. The summed E-state index contributed by atoms with van der Waals surface area (Å²) in [5.41, 5.74) is 6.30. The van der Waals surface area contributed by atoms with Crippen LogP contribution < -0.4 is 11.1 Å². The summed E-state index contributed by atoms with van der Waals surface area (Å²) < 4.78 is 29.8. The van der Waals surface area contributed by atoms with Crippen LogP contribution in [0.5, 0.6) is 0 Å². The van der Waals surface area contributed by atoms with Crippen molar-refractivity contribution in [3.8, 4) is 11.8 Å². The Kier molecular flexibility index (Phi) is 5.75. The summed E-state index contributed by atoms with van der Waals surface area (Å²) >= 11 is 6.37. The Morgan fingerprint density at radius 3 is 2.82 bits per heavy atom. The summed E-state index contributed by atoms with van der Waals surface area (Å²) in [6.07, 6.45) is 1.63. The fraction of sp³-hybridized carbons (Fsp3) is 0.350. The summed E-state index contributed by atoms with van der Waals surface area (Å²) in [6, 6.07) is -0.260. The van der Waals surface area contributed by atoms with Crippen molar-refractivity contribution in [2.45, 2.75) is 45.4 Å². The fourth-order valence-electron chi connectivity index (χ4n) is 3.64. The maximum Gasteiger partial charge on any atom is 0.296 e. The topological polar surface area (TPSA) is 91.1 Å². The molecule has 28 heavy (non-hydrogen) atoms. The fourth-order valence-corrected chi connectivity index (χ4v) is 3.87. The Hall–Kier alpha value is -2.40. The number of nitrogens with two attached hydrogens (primary N) is 1. The maximum atomic E-state index is 15.1. The van der Waals surface area contributed by atoms with Crippen LogP contribution in [0.1, 0.15) is 49.2 Å². The molecule has 8 heteroatoms. The van der Waals surface area contributed by atoms with Crippen molar-refractivity contribution in [3.05, 3.63) is 39.6 Å². The van der Waals surface area contributed by atoms with Gasteiger partial charge in [-0.15, -0.1) is 0 Å². The van der Waals surface area contributed by atoms with E-state index in [-0.39, 0.29) is 33.1 Å². The van der Waals surface area contributed by atoms with Crippen molar-refractivity contribution in [1.82, 2.24) is 10.3 Å². The highest BCUT2D eigenvalue weighted by Crippen LogP contribution is 2.42. The smallest absolute Gasteiger partial charge is 0.296 e. The number of H-pyrrole nitrogens is 1. The van der Waals surface area contributed by atoms with Gasteiger partial charge < -0.3 is 21.1 Å². The highest BCUT2D eigenvalue weighted by Gasteiger charge is 2.30. The van der Waals surface area contributed by atoms with Crippen LogP contribution >= 0.6 is 11.6 Å². The van der Waals surface area contributed by atoms with Crippen LogP contribution in [0.15, 0.2) is 6.08 Å². The van der Waals surface area contributed by atoms with Crippen molar-refractivity contribution in [2.75, 3.05) is 0 Å². The highest BCUT2D eigenvalue weighted by atomic mass is 35.5. The van der Waals surface area contributed by atoms with E-state index in [1.807, 2.05) is 6.08 Å². The molecule has 148 valence electrons. The van der Waals surface area contributed by atoms with Gasteiger partial charge >= 0.3 is 0 Å². The second-order valence-corrected chi connectivity index (χ2v) is 7.11. The standard InChI is InChI=1S/C20H20ClF2N3O2/c1-3-5-12(27)26-11-7-4-6-10(8-11)13-14-16(21)9(2)25-19(14)15(20(24)28)18(23)17(13)22/h6,11,20,25,28H,4,7-8,24H2,1-2H3,(H,26,27)/t11-,20?/m1/s1. The molecule has 1 aromatic heterocycles. The number of carbonyl (C=O) groups is 1. The van der Waals surface area contributed by atoms with Gasteiger partial charge in [0.05, 0.1) is 16.1 Å². The Labute approximate surface area is 165 Å². The van der Waals surface area contributed by atoms with Crippen molar-refractivity contribution >= 4 is 34.0 Å².